The SMILES string of the molecule is Cc1cc(NCC2(O)CCOC2C)c2ccccc2n1. The number of rotatable bonds is 3. The van der Waals surface area contributed by atoms with Gasteiger partial charge in [0.2, 0.25) is 0 Å². The molecular weight excluding hydrogens is 252 g/mol. The normalized spacial score (nSPS) is 26.1. The van der Waals surface area contributed by atoms with Crippen molar-refractivity contribution in [3.8, 4) is 0 Å². The summed E-state index contributed by atoms with van der Waals surface area (Å²) in [6.07, 6.45) is 0.535. The summed E-state index contributed by atoms with van der Waals surface area (Å²) in [6, 6.07) is 10.1. The molecule has 0 radical (unpaired) electrons. The van der Waals surface area contributed by atoms with Gasteiger partial charge in [0.05, 0.1) is 11.6 Å². The number of anilines is 1. The van der Waals surface area contributed by atoms with Crippen LogP contribution < -0.4 is 5.32 Å². The molecule has 2 atom stereocenters. The summed E-state index contributed by atoms with van der Waals surface area (Å²) in [5.74, 6) is 0. The first kappa shape index (κ1) is 13.3. The maximum Gasteiger partial charge on any atom is 0.110 e. The molecular formula is C16H20N2O2. The van der Waals surface area contributed by atoms with E-state index in [4.69, 9.17) is 4.74 Å². The summed E-state index contributed by atoms with van der Waals surface area (Å²) in [5.41, 5.74) is 2.16. The van der Waals surface area contributed by atoms with Crippen molar-refractivity contribution in [2.45, 2.75) is 32.0 Å². The predicted octanol–water partition coefficient (Wildman–Crippen LogP) is 2.50. The Morgan fingerprint density at radius 1 is 1.45 bits per heavy atom. The summed E-state index contributed by atoms with van der Waals surface area (Å²) < 4.78 is 5.47. The molecule has 2 heterocycles. The number of benzene rings is 1. The summed E-state index contributed by atoms with van der Waals surface area (Å²) in [6.45, 7) is 5.01. The summed E-state index contributed by atoms with van der Waals surface area (Å²) in [7, 11) is 0. The van der Waals surface area contributed by atoms with E-state index in [0.29, 0.717) is 19.6 Å². The molecule has 4 heteroatoms. The van der Waals surface area contributed by atoms with Gasteiger partial charge in [0.25, 0.3) is 0 Å². The Morgan fingerprint density at radius 3 is 3.00 bits per heavy atom. The fraction of sp³-hybridized carbons (Fsp3) is 0.438. The van der Waals surface area contributed by atoms with Crippen LogP contribution in [0, 0.1) is 6.92 Å². The van der Waals surface area contributed by atoms with Crippen molar-refractivity contribution in [1.82, 2.24) is 4.98 Å². The van der Waals surface area contributed by atoms with Crippen molar-refractivity contribution in [2.24, 2.45) is 0 Å². The van der Waals surface area contributed by atoms with Crippen molar-refractivity contribution >= 4 is 16.6 Å². The fourth-order valence-electron chi connectivity index (χ4n) is 2.71. The van der Waals surface area contributed by atoms with Gasteiger partial charge in [0, 0.05) is 36.3 Å². The highest BCUT2D eigenvalue weighted by Gasteiger charge is 2.39. The Morgan fingerprint density at radius 2 is 2.25 bits per heavy atom. The predicted molar refractivity (Wildman–Crippen MR) is 80.0 cm³/mol. The van der Waals surface area contributed by atoms with Gasteiger partial charge in [-0.1, -0.05) is 18.2 Å². The Labute approximate surface area is 118 Å². The second kappa shape index (κ2) is 5.04. The van der Waals surface area contributed by atoms with Crippen LogP contribution in [-0.2, 0) is 4.74 Å². The van der Waals surface area contributed by atoms with E-state index in [1.54, 1.807) is 0 Å². The number of aliphatic hydroxyl groups is 1. The van der Waals surface area contributed by atoms with E-state index in [1.165, 1.54) is 0 Å². The van der Waals surface area contributed by atoms with Crippen molar-refractivity contribution in [1.29, 1.82) is 0 Å². The van der Waals surface area contributed by atoms with Gasteiger partial charge in [0.1, 0.15) is 5.60 Å². The Hall–Kier alpha value is -1.65. The van der Waals surface area contributed by atoms with E-state index in [9.17, 15) is 5.11 Å². The van der Waals surface area contributed by atoms with Gasteiger partial charge in [-0.3, -0.25) is 4.98 Å². The van der Waals surface area contributed by atoms with Gasteiger partial charge in [-0.2, -0.15) is 0 Å². The number of ether oxygens (including phenoxy) is 1. The highest BCUT2D eigenvalue weighted by Crippen LogP contribution is 2.28. The van der Waals surface area contributed by atoms with Gasteiger partial charge in [-0.25, -0.2) is 0 Å². The van der Waals surface area contributed by atoms with E-state index >= 15 is 0 Å². The number of aromatic nitrogens is 1. The third-order valence-corrected chi connectivity index (χ3v) is 4.09. The molecule has 2 aromatic rings. The smallest absolute Gasteiger partial charge is 0.110 e. The molecule has 0 aliphatic carbocycles. The number of aryl methyl sites for hydroxylation is 1. The van der Waals surface area contributed by atoms with Crippen LogP contribution in [-0.4, -0.2) is 34.9 Å². The number of hydrogen-bond donors (Lipinski definition) is 2. The molecule has 0 amide bonds. The average Bonchev–Trinajstić information content (AvgIpc) is 2.76. The number of pyridine rings is 1. The van der Waals surface area contributed by atoms with E-state index in [1.807, 2.05) is 44.2 Å². The summed E-state index contributed by atoms with van der Waals surface area (Å²) in [5, 5.41) is 15.0. The standard InChI is InChI=1S/C16H20N2O2/c1-11-9-15(13-5-3-4-6-14(13)18-11)17-10-16(19)7-8-20-12(16)2/h3-6,9,12,19H,7-8,10H2,1-2H3,(H,17,18). The van der Waals surface area contributed by atoms with Gasteiger partial charge in [0.15, 0.2) is 0 Å². The molecule has 2 unspecified atom stereocenters. The number of para-hydroxylation sites is 1. The molecule has 106 valence electrons. The fourth-order valence-corrected chi connectivity index (χ4v) is 2.71. The number of hydrogen-bond acceptors (Lipinski definition) is 4. The van der Waals surface area contributed by atoms with Crippen LogP contribution in [0.3, 0.4) is 0 Å². The molecule has 4 nitrogen and oxygen atoms in total. The second-order valence-electron chi connectivity index (χ2n) is 5.55. The minimum Gasteiger partial charge on any atom is -0.385 e. The Bertz CT molecular complexity index is 629. The minimum atomic E-state index is -0.793. The lowest BCUT2D eigenvalue weighted by Gasteiger charge is -2.27. The zero-order valence-corrected chi connectivity index (χ0v) is 11.9. The van der Waals surface area contributed by atoms with Crippen molar-refractivity contribution in [3.63, 3.8) is 0 Å². The molecule has 1 fully saturated rings. The molecule has 0 saturated carbocycles. The summed E-state index contributed by atoms with van der Waals surface area (Å²) in [4.78, 5) is 4.52. The van der Waals surface area contributed by atoms with Gasteiger partial charge in [-0.15, -0.1) is 0 Å². The van der Waals surface area contributed by atoms with Crippen molar-refractivity contribution in [3.05, 3.63) is 36.0 Å². The molecule has 1 saturated heterocycles. The lowest BCUT2D eigenvalue weighted by atomic mass is 9.96. The van der Waals surface area contributed by atoms with Crippen molar-refractivity contribution in [2.75, 3.05) is 18.5 Å². The number of nitrogens with one attached hydrogen (secondary N) is 1. The van der Waals surface area contributed by atoms with Crippen LogP contribution >= 0.6 is 0 Å². The lowest BCUT2D eigenvalue weighted by Crippen LogP contribution is -2.43. The molecule has 3 rings (SSSR count). The van der Waals surface area contributed by atoms with E-state index < -0.39 is 5.60 Å². The van der Waals surface area contributed by atoms with Gasteiger partial charge >= 0.3 is 0 Å². The van der Waals surface area contributed by atoms with Crippen LogP contribution in [0.1, 0.15) is 19.0 Å². The van der Waals surface area contributed by atoms with Crippen LogP contribution in [0.2, 0.25) is 0 Å². The highest BCUT2D eigenvalue weighted by atomic mass is 16.5. The first-order valence-electron chi connectivity index (χ1n) is 7.03. The maximum absolute atomic E-state index is 10.6. The van der Waals surface area contributed by atoms with E-state index in [-0.39, 0.29) is 6.10 Å². The first-order valence-corrected chi connectivity index (χ1v) is 7.03. The Balaban J connectivity index is 1.87. The highest BCUT2D eigenvalue weighted by molar-refractivity contribution is 5.91. The van der Waals surface area contributed by atoms with Crippen LogP contribution in [0.15, 0.2) is 30.3 Å². The first-order chi connectivity index (χ1) is 9.58. The van der Waals surface area contributed by atoms with Crippen molar-refractivity contribution < 1.29 is 9.84 Å². The third-order valence-electron chi connectivity index (χ3n) is 4.09. The Kier molecular flexibility index (Phi) is 3.36. The second-order valence-corrected chi connectivity index (χ2v) is 5.55. The molecule has 0 bridgehead atoms. The average molecular weight is 272 g/mol. The summed E-state index contributed by atoms with van der Waals surface area (Å²) >= 11 is 0. The van der Waals surface area contributed by atoms with E-state index in [0.717, 1.165) is 22.3 Å². The molecule has 1 aliphatic heterocycles. The molecule has 1 aromatic heterocycles. The topological polar surface area (TPSA) is 54.4 Å². The quantitative estimate of drug-likeness (QED) is 0.901. The molecule has 20 heavy (non-hydrogen) atoms. The minimum absolute atomic E-state index is 0.135. The van der Waals surface area contributed by atoms with Crippen LogP contribution in [0.25, 0.3) is 10.9 Å². The molecule has 1 aromatic carbocycles. The zero-order chi connectivity index (χ0) is 14.2. The molecule has 2 N–H and O–H groups in total. The van der Waals surface area contributed by atoms with Gasteiger partial charge in [-0.05, 0) is 26.0 Å². The number of fused-ring (bicyclic) bond motifs is 1. The van der Waals surface area contributed by atoms with Gasteiger partial charge < -0.3 is 15.2 Å². The molecule has 1 aliphatic rings. The largest absolute Gasteiger partial charge is 0.385 e. The molecule has 0 spiro atoms. The van der Waals surface area contributed by atoms with E-state index in [2.05, 4.69) is 10.3 Å². The van der Waals surface area contributed by atoms with Crippen LogP contribution in [0.4, 0.5) is 5.69 Å². The zero-order valence-electron chi connectivity index (χ0n) is 11.9. The maximum atomic E-state index is 10.6. The lowest BCUT2D eigenvalue weighted by molar-refractivity contribution is -0.0175. The third kappa shape index (κ3) is 2.37. The van der Waals surface area contributed by atoms with Crippen LogP contribution in [0.5, 0.6) is 0 Å². The number of nitrogens with zero attached hydrogens (tertiary/aromatic N) is 1. The monoisotopic (exact) mass is 272 g/mol.